The normalized spacial score (nSPS) is 18.4. The number of rotatable bonds is 7. The molecule has 2 aromatic rings. The molecule has 1 saturated carbocycles. The van der Waals surface area contributed by atoms with E-state index in [9.17, 15) is 19.5 Å². The van der Waals surface area contributed by atoms with Crippen molar-refractivity contribution in [3.8, 4) is 5.75 Å². The number of amides is 3. The number of alkyl carbamates (subject to hydrolysis) is 1. The SMILES string of the molecule is Cc1cccc(C(C(=O)Nc2c(C)cccc2C)N(C(=O)C(C)NC(=O)OC(C)(C)C)C2CC2C)c1O. The Morgan fingerprint density at radius 3 is 2.11 bits per heavy atom. The Hall–Kier alpha value is -3.55. The van der Waals surface area contributed by atoms with Crippen LogP contribution in [0.15, 0.2) is 36.4 Å². The number of benzene rings is 2. The number of ether oxygens (including phenoxy) is 1. The summed E-state index contributed by atoms with van der Waals surface area (Å²) in [5, 5.41) is 16.6. The van der Waals surface area contributed by atoms with Gasteiger partial charge in [0.05, 0.1) is 0 Å². The standard InChI is InChI=1S/C29H39N3O5/c1-16-11-9-12-17(2)23(16)31-26(34)24(21-14-10-13-18(3)25(21)33)32(22-15-19(22)4)27(35)20(5)30-28(36)37-29(6,7)8/h9-14,19-20,22,24,33H,15H2,1-8H3,(H,30,36)(H,31,34). The number of carbonyl (C=O) groups excluding carboxylic acids is 3. The predicted octanol–water partition coefficient (Wildman–Crippen LogP) is 5.15. The van der Waals surface area contributed by atoms with Crippen molar-refractivity contribution in [2.45, 2.75) is 85.5 Å². The number of phenolic OH excluding ortho intramolecular Hbond substituents is 1. The molecule has 0 heterocycles. The monoisotopic (exact) mass is 509 g/mol. The van der Waals surface area contributed by atoms with Gasteiger partial charge in [-0.25, -0.2) is 4.79 Å². The van der Waals surface area contributed by atoms with E-state index in [0.717, 1.165) is 11.1 Å². The topological polar surface area (TPSA) is 108 Å². The second-order valence-electron chi connectivity index (χ2n) is 11.1. The molecule has 0 radical (unpaired) electrons. The summed E-state index contributed by atoms with van der Waals surface area (Å²) in [7, 11) is 0. The molecule has 3 amide bonds. The maximum absolute atomic E-state index is 14.0. The zero-order valence-corrected chi connectivity index (χ0v) is 23.0. The molecule has 4 unspecified atom stereocenters. The number of aryl methyl sites for hydroxylation is 3. The molecule has 4 atom stereocenters. The van der Waals surface area contributed by atoms with Crippen molar-refractivity contribution in [3.63, 3.8) is 0 Å². The average Bonchev–Trinajstić information content (AvgIpc) is 3.50. The summed E-state index contributed by atoms with van der Waals surface area (Å²) >= 11 is 0. The van der Waals surface area contributed by atoms with E-state index >= 15 is 0 Å². The van der Waals surface area contributed by atoms with E-state index in [0.29, 0.717) is 23.2 Å². The first-order valence-corrected chi connectivity index (χ1v) is 12.7. The van der Waals surface area contributed by atoms with Gasteiger partial charge in [-0.3, -0.25) is 9.59 Å². The molecule has 0 aliphatic heterocycles. The van der Waals surface area contributed by atoms with Gasteiger partial charge in [-0.05, 0) is 77.5 Å². The van der Waals surface area contributed by atoms with Crippen molar-refractivity contribution in [3.05, 3.63) is 58.7 Å². The molecule has 3 N–H and O–H groups in total. The number of hydrogen-bond donors (Lipinski definition) is 3. The molecule has 37 heavy (non-hydrogen) atoms. The fraction of sp³-hybridized carbons (Fsp3) is 0.483. The highest BCUT2D eigenvalue weighted by Gasteiger charge is 2.48. The summed E-state index contributed by atoms with van der Waals surface area (Å²) in [6.07, 6.45) is -0.00272. The number of nitrogens with one attached hydrogen (secondary N) is 2. The van der Waals surface area contributed by atoms with Crippen molar-refractivity contribution in [2.75, 3.05) is 5.32 Å². The quantitative estimate of drug-likeness (QED) is 0.479. The maximum Gasteiger partial charge on any atom is 0.408 e. The molecule has 1 aliphatic rings. The van der Waals surface area contributed by atoms with Crippen LogP contribution in [-0.2, 0) is 14.3 Å². The lowest BCUT2D eigenvalue weighted by Crippen LogP contribution is -2.52. The lowest BCUT2D eigenvalue weighted by molar-refractivity contribution is -0.141. The van der Waals surface area contributed by atoms with Crippen molar-refractivity contribution in [2.24, 2.45) is 5.92 Å². The zero-order valence-electron chi connectivity index (χ0n) is 23.0. The van der Waals surface area contributed by atoms with Crippen LogP contribution in [0.5, 0.6) is 5.75 Å². The smallest absolute Gasteiger partial charge is 0.408 e. The van der Waals surface area contributed by atoms with Gasteiger partial charge in [0.15, 0.2) is 0 Å². The molecule has 0 saturated heterocycles. The van der Waals surface area contributed by atoms with E-state index in [2.05, 4.69) is 10.6 Å². The van der Waals surface area contributed by atoms with Crippen LogP contribution in [-0.4, -0.2) is 45.6 Å². The maximum atomic E-state index is 14.0. The first-order valence-electron chi connectivity index (χ1n) is 12.7. The van der Waals surface area contributed by atoms with Gasteiger partial charge >= 0.3 is 6.09 Å². The highest BCUT2D eigenvalue weighted by molar-refractivity contribution is 6.00. The largest absolute Gasteiger partial charge is 0.507 e. The minimum atomic E-state index is -1.11. The van der Waals surface area contributed by atoms with E-state index in [-0.39, 0.29) is 17.7 Å². The molecule has 1 aliphatic carbocycles. The van der Waals surface area contributed by atoms with E-state index < -0.39 is 35.6 Å². The Balaban J connectivity index is 2.03. The molecule has 8 nitrogen and oxygen atoms in total. The first kappa shape index (κ1) is 28.0. The summed E-state index contributed by atoms with van der Waals surface area (Å²) in [6, 6.07) is 8.61. The summed E-state index contributed by atoms with van der Waals surface area (Å²) in [5.41, 5.74) is 2.65. The first-order chi connectivity index (χ1) is 17.2. The number of nitrogens with zero attached hydrogens (tertiary/aromatic N) is 1. The molecule has 2 aromatic carbocycles. The Morgan fingerprint density at radius 1 is 1.03 bits per heavy atom. The number of hydrogen-bond acceptors (Lipinski definition) is 5. The van der Waals surface area contributed by atoms with Crippen LogP contribution < -0.4 is 10.6 Å². The molecule has 3 rings (SSSR count). The predicted molar refractivity (Wildman–Crippen MR) is 143 cm³/mol. The summed E-state index contributed by atoms with van der Waals surface area (Å²) in [6.45, 7) is 14.4. The van der Waals surface area contributed by atoms with Gasteiger partial charge in [-0.2, -0.15) is 0 Å². The van der Waals surface area contributed by atoms with Gasteiger partial charge in [0.1, 0.15) is 23.4 Å². The number of phenols is 1. The molecule has 0 spiro atoms. The Labute approximate surface area is 219 Å². The Bertz CT molecular complexity index is 1170. The van der Waals surface area contributed by atoms with Gasteiger partial charge in [-0.1, -0.05) is 43.3 Å². The van der Waals surface area contributed by atoms with Crippen molar-refractivity contribution < 1.29 is 24.2 Å². The lowest BCUT2D eigenvalue weighted by Gasteiger charge is -2.34. The number of anilines is 1. The van der Waals surface area contributed by atoms with E-state index in [1.807, 2.05) is 39.0 Å². The van der Waals surface area contributed by atoms with Gasteiger partial charge in [0, 0.05) is 17.3 Å². The van der Waals surface area contributed by atoms with Gasteiger partial charge in [0.25, 0.3) is 5.91 Å². The zero-order chi connectivity index (χ0) is 27.7. The van der Waals surface area contributed by atoms with Crippen LogP contribution in [0.25, 0.3) is 0 Å². The fourth-order valence-corrected chi connectivity index (χ4v) is 4.46. The molecule has 200 valence electrons. The second kappa shape index (κ2) is 10.8. The Kier molecular flexibility index (Phi) is 8.20. The second-order valence-corrected chi connectivity index (χ2v) is 11.1. The summed E-state index contributed by atoms with van der Waals surface area (Å²) in [5.74, 6) is -0.735. The van der Waals surface area contributed by atoms with Crippen LogP contribution in [0.4, 0.5) is 10.5 Å². The molecular weight excluding hydrogens is 470 g/mol. The highest BCUT2D eigenvalue weighted by atomic mass is 16.6. The van der Waals surface area contributed by atoms with E-state index in [1.165, 1.54) is 4.90 Å². The van der Waals surface area contributed by atoms with E-state index in [4.69, 9.17) is 4.74 Å². The highest BCUT2D eigenvalue weighted by Crippen LogP contribution is 2.43. The van der Waals surface area contributed by atoms with Crippen molar-refractivity contribution in [1.29, 1.82) is 0 Å². The van der Waals surface area contributed by atoms with Gasteiger partial charge in [0.2, 0.25) is 5.91 Å². The van der Waals surface area contributed by atoms with Crippen LogP contribution in [0.1, 0.15) is 69.3 Å². The third kappa shape index (κ3) is 6.61. The van der Waals surface area contributed by atoms with Crippen LogP contribution in [0, 0.1) is 26.7 Å². The number of carbonyl (C=O) groups is 3. The molecule has 8 heteroatoms. The summed E-state index contributed by atoms with van der Waals surface area (Å²) < 4.78 is 5.33. The van der Waals surface area contributed by atoms with Crippen molar-refractivity contribution in [1.82, 2.24) is 10.2 Å². The lowest BCUT2D eigenvalue weighted by atomic mass is 9.98. The van der Waals surface area contributed by atoms with Crippen LogP contribution in [0.2, 0.25) is 0 Å². The number of aromatic hydroxyl groups is 1. The van der Waals surface area contributed by atoms with Gasteiger partial charge < -0.3 is 25.4 Å². The molecular formula is C29H39N3O5. The summed E-state index contributed by atoms with van der Waals surface area (Å²) in [4.78, 5) is 41.8. The van der Waals surface area contributed by atoms with Crippen LogP contribution >= 0.6 is 0 Å². The molecule has 0 bridgehead atoms. The number of para-hydroxylation sites is 2. The molecule has 1 fully saturated rings. The Morgan fingerprint density at radius 2 is 1.57 bits per heavy atom. The third-order valence-electron chi connectivity index (χ3n) is 6.60. The van der Waals surface area contributed by atoms with Crippen LogP contribution in [0.3, 0.4) is 0 Å². The fourth-order valence-electron chi connectivity index (χ4n) is 4.46. The minimum Gasteiger partial charge on any atom is -0.507 e. The minimum absolute atomic E-state index is 0.0389. The van der Waals surface area contributed by atoms with Crippen molar-refractivity contribution >= 4 is 23.6 Å². The molecule has 0 aromatic heterocycles. The average molecular weight is 510 g/mol. The van der Waals surface area contributed by atoms with E-state index in [1.54, 1.807) is 52.8 Å². The van der Waals surface area contributed by atoms with Gasteiger partial charge in [-0.15, -0.1) is 0 Å². The third-order valence-corrected chi connectivity index (χ3v) is 6.60.